The third kappa shape index (κ3) is 5.29. The van der Waals surface area contributed by atoms with Crippen LogP contribution in [0.15, 0.2) is 174 Å². The molecule has 10 rings (SSSR count). The van der Waals surface area contributed by atoms with Crippen molar-refractivity contribution in [3.63, 3.8) is 0 Å². The van der Waals surface area contributed by atoms with Crippen molar-refractivity contribution in [2.24, 2.45) is 0 Å². The minimum absolute atomic E-state index is 0.583. The highest BCUT2D eigenvalue weighted by Crippen LogP contribution is 2.40. The van der Waals surface area contributed by atoms with Crippen LogP contribution in [0.4, 0.5) is 0 Å². The molecule has 0 unspecified atom stereocenters. The number of rotatable bonds is 5. The zero-order valence-corrected chi connectivity index (χ0v) is 28.4. The van der Waals surface area contributed by atoms with Crippen molar-refractivity contribution in [3.8, 4) is 62.5 Å². The van der Waals surface area contributed by atoms with Gasteiger partial charge in [-0.2, -0.15) is 5.26 Å². The molecule has 0 bridgehead atoms. The molecule has 53 heavy (non-hydrogen) atoms. The molecule has 5 nitrogen and oxygen atoms in total. The monoisotopic (exact) mass is 676 g/mol. The molecule has 10 aromatic rings. The van der Waals surface area contributed by atoms with Gasteiger partial charge in [-0.1, -0.05) is 127 Å². The predicted molar refractivity (Wildman–Crippen MR) is 214 cm³/mol. The highest BCUT2D eigenvalue weighted by atomic mass is 16.3. The lowest BCUT2D eigenvalue weighted by Crippen LogP contribution is -2.00. The molecule has 8 aromatic carbocycles. The summed E-state index contributed by atoms with van der Waals surface area (Å²) in [7, 11) is 0. The van der Waals surface area contributed by atoms with E-state index < -0.39 is 0 Å². The third-order valence-corrected chi connectivity index (χ3v) is 9.95. The average molecular weight is 677 g/mol. The van der Waals surface area contributed by atoms with E-state index in [1.807, 2.05) is 84.9 Å². The van der Waals surface area contributed by atoms with E-state index in [1.54, 1.807) is 0 Å². The van der Waals surface area contributed by atoms with Crippen molar-refractivity contribution >= 4 is 43.5 Å². The first kappa shape index (κ1) is 30.4. The molecular weight excluding hydrogens is 649 g/mol. The van der Waals surface area contributed by atoms with Gasteiger partial charge >= 0.3 is 0 Å². The van der Waals surface area contributed by atoms with Crippen LogP contribution < -0.4 is 0 Å². The molecule has 0 radical (unpaired) electrons. The molecular formula is C48H28N4O. The number of hydrogen-bond donors (Lipinski definition) is 0. The van der Waals surface area contributed by atoms with Gasteiger partial charge in [-0.05, 0) is 86.3 Å². The van der Waals surface area contributed by atoms with Gasteiger partial charge in [0.15, 0.2) is 17.5 Å². The van der Waals surface area contributed by atoms with E-state index in [0.29, 0.717) is 23.0 Å². The van der Waals surface area contributed by atoms with Crippen LogP contribution in [0.1, 0.15) is 5.56 Å². The van der Waals surface area contributed by atoms with Crippen LogP contribution in [0.25, 0.3) is 99.9 Å². The molecule has 246 valence electrons. The van der Waals surface area contributed by atoms with E-state index in [0.717, 1.165) is 66.3 Å². The lowest BCUT2D eigenvalue weighted by atomic mass is 9.90. The highest BCUT2D eigenvalue weighted by Gasteiger charge is 2.18. The maximum atomic E-state index is 9.36. The minimum atomic E-state index is 0.583. The molecule has 0 fully saturated rings. The van der Waals surface area contributed by atoms with Crippen LogP contribution in [0.5, 0.6) is 0 Å². The Morgan fingerprint density at radius 1 is 0.396 bits per heavy atom. The van der Waals surface area contributed by atoms with Gasteiger partial charge in [0.2, 0.25) is 0 Å². The number of hydrogen-bond acceptors (Lipinski definition) is 5. The summed E-state index contributed by atoms with van der Waals surface area (Å²) in [6, 6.07) is 60.1. The van der Waals surface area contributed by atoms with Gasteiger partial charge < -0.3 is 4.42 Å². The molecule has 0 aliphatic carbocycles. The first-order chi connectivity index (χ1) is 26.2. The summed E-state index contributed by atoms with van der Waals surface area (Å²) in [6.07, 6.45) is 0. The van der Waals surface area contributed by atoms with Crippen LogP contribution >= 0.6 is 0 Å². The predicted octanol–water partition coefficient (Wildman–Crippen LogP) is 12.3. The second kappa shape index (κ2) is 12.4. The average Bonchev–Trinajstić information content (AvgIpc) is 3.62. The van der Waals surface area contributed by atoms with Crippen LogP contribution in [0.3, 0.4) is 0 Å². The second-order valence-electron chi connectivity index (χ2n) is 13.1. The van der Waals surface area contributed by atoms with Crippen LogP contribution in [-0.4, -0.2) is 15.0 Å². The quantitative estimate of drug-likeness (QED) is 0.170. The summed E-state index contributed by atoms with van der Waals surface area (Å²) in [5.41, 5.74) is 9.26. The lowest BCUT2D eigenvalue weighted by molar-refractivity contribution is 0.669. The Kier molecular flexibility index (Phi) is 7.12. The smallest absolute Gasteiger partial charge is 0.164 e. The molecule has 2 aromatic heterocycles. The maximum absolute atomic E-state index is 9.36. The maximum Gasteiger partial charge on any atom is 0.164 e. The van der Waals surface area contributed by atoms with Gasteiger partial charge in [-0.3, -0.25) is 0 Å². The Labute approximate surface area is 305 Å². The number of benzene rings is 8. The molecule has 0 N–H and O–H groups in total. The van der Waals surface area contributed by atoms with Crippen molar-refractivity contribution in [2.75, 3.05) is 0 Å². The van der Waals surface area contributed by atoms with E-state index in [-0.39, 0.29) is 0 Å². The fourth-order valence-electron chi connectivity index (χ4n) is 7.39. The van der Waals surface area contributed by atoms with E-state index in [9.17, 15) is 5.26 Å². The Morgan fingerprint density at radius 3 is 1.91 bits per heavy atom. The van der Waals surface area contributed by atoms with Gasteiger partial charge in [0.25, 0.3) is 0 Å². The molecule has 5 heteroatoms. The number of para-hydroxylation sites is 1. The summed E-state index contributed by atoms with van der Waals surface area (Å²) in [6.45, 7) is 0. The number of nitrogens with zero attached hydrogens (tertiary/aromatic N) is 4. The number of aromatic nitrogens is 3. The fourth-order valence-corrected chi connectivity index (χ4v) is 7.39. The van der Waals surface area contributed by atoms with Crippen molar-refractivity contribution in [1.82, 2.24) is 15.0 Å². The van der Waals surface area contributed by atoms with Crippen molar-refractivity contribution < 1.29 is 4.42 Å². The number of nitriles is 1. The van der Waals surface area contributed by atoms with Crippen LogP contribution in [-0.2, 0) is 0 Å². The first-order valence-corrected chi connectivity index (χ1v) is 17.5. The van der Waals surface area contributed by atoms with Crippen LogP contribution in [0.2, 0.25) is 0 Å². The zero-order chi connectivity index (χ0) is 35.3. The fraction of sp³-hybridized carbons (Fsp3) is 0. The molecule has 0 saturated heterocycles. The molecule has 2 heterocycles. The largest absolute Gasteiger partial charge is 0.456 e. The Bertz CT molecular complexity index is 3070. The van der Waals surface area contributed by atoms with Crippen molar-refractivity contribution in [1.29, 1.82) is 5.26 Å². The molecule has 0 aliphatic rings. The minimum Gasteiger partial charge on any atom is -0.456 e. The molecule has 0 aliphatic heterocycles. The van der Waals surface area contributed by atoms with Gasteiger partial charge in [-0.15, -0.1) is 0 Å². The molecule has 0 saturated carbocycles. The number of furan rings is 1. The Balaban J connectivity index is 1.17. The van der Waals surface area contributed by atoms with E-state index >= 15 is 0 Å². The Hall–Kier alpha value is -7.42. The van der Waals surface area contributed by atoms with E-state index in [1.165, 1.54) is 16.2 Å². The zero-order valence-electron chi connectivity index (χ0n) is 28.4. The SMILES string of the molecule is N#Cc1ccc(-c2ccc3c(c2)c(-c2cccc(-c4nc(-c5ccccc5)nc(-c5cccc6oc7ccccc7c56)n4)c2)cc2ccccc23)cc1. The normalized spacial score (nSPS) is 11.4. The summed E-state index contributed by atoms with van der Waals surface area (Å²) >= 11 is 0. The molecule has 0 atom stereocenters. The van der Waals surface area contributed by atoms with Gasteiger partial charge in [0.05, 0.1) is 11.6 Å². The summed E-state index contributed by atoms with van der Waals surface area (Å²) in [5, 5.41) is 16.0. The summed E-state index contributed by atoms with van der Waals surface area (Å²) < 4.78 is 6.24. The number of fused-ring (bicyclic) bond motifs is 6. The lowest BCUT2D eigenvalue weighted by Gasteiger charge is -2.14. The third-order valence-electron chi connectivity index (χ3n) is 9.95. The van der Waals surface area contributed by atoms with Gasteiger partial charge in [0.1, 0.15) is 11.2 Å². The summed E-state index contributed by atoms with van der Waals surface area (Å²) in [5.74, 6) is 1.77. The van der Waals surface area contributed by atoms with Crippen molar-refractivity contribution in [3.05, 3.63) is 175 Å². The van der Waals surface area contributed by atoms with E-state index in [2.05, 4.69) is 91.0 Å². The Morgan fingerprint density at radius 2 is 1.06 bits per heavy atom. The van der Waals surface area contributed by atoms with Crippen molar-refractivity contribution in [2.45, 2.75) is 0 Å². The standard InChI is InChI=1S/C48H28N4O/c49-29-30-20-22-31(23-21-30)33-24-25-38-37-15-5-4-12-35(37)28-41(42(38)27-33)34-13-8-14-36(26-34)47-50-46(32-10-2-1-3-11-32)51-48(52-47)40-17-9-19-44-45(40)39-16-6-7-18-43(39)53-44/h1-28H. The van der Waals surface area contributed by atoms with Gasteiger partial charge in [0, 0.05) is 27.5 Å². The van der Waals surface area contributed by atoms with Crippen LogP contribution in [0, 0.1) is 11.3 Å². The van der Waals surface area contributed by atoms with Gasteiger partial charge in [-0.25, -0.2) is 15.0 Å². The molecule has 0 amide bonds. The highest BCUT2D eigenvalue weighted by molar-refractivity contribution is 6.15. The first-order valence-electron chi connectivity index (χ1n) is 17.5. The van der Waals surface area contributed by atoms with E-state index in [4.69, 9.17) is 19.4 Å². The summed E-state index contributed by atoms with van der Waals surface area (Å²) in [4.78, 5) is 15.3. The topological polar surface area (TPSA) is 75.6 Å². The second-order valence-corrected chi connectivity index (χ2v) is 13.1. The molecule has 0 spiro atoms.